The number of carbonyl (C=O) groups is 1. The Morgan fingerprint density at radius 3 is 2.48 bits per heavy atom. The number of anilines is 1. The summed E-state index contributed by atoms with van der Waals surface area (Å²) in [7, 11) is 0. The Bertz CT molecular complexity index is 455. The molecule has 1 aliphatic rings. The molecule has 1 unspecified atom stereocenters. The minimum Gasteiger partial charge on any atom is -0.480 e. The van der Waals surface area contributed by atoms with Crippen molar-refractivity contribution in [3.8, 4) is 0 Å². The summed E-state index contributed by atoms with van der Waals surface area (Å²) < 4.78 is 0. The Kier molecular flexibility index (Phi) is 5.23. The number of rotatable bonds is 6. The highest BCUT2D eigenvalue weighted by Gasteiger charge is 2.35. The Balaban J connectivity index is 1.90. The fourth-order valence-electron chi connectivity index (χ4n) is 3.11. The normalized spacial score (nSPS) is 19.2. The zero-order chi connectivity index (χ0) is 15.3. The van der Waals surface area contributed by atoms with Crippen LogP contribution >= 0.6 is 0 Å². The van der Waals surface area contributed by atoms with Crippen LogP contribution in [0.15, 0.2) is 30.3 Å². The van der Waals surface area contributed by atoms with Crippen LogP contribution in [0.1, 0.15) is 39.5 Å². The molecule has 1 heterocycles. The molecule has 0 amide bonds. The maximum absolute atomic E-state index is 11.5. The number of aliphatic carboxylic acids is 1. The number of nitrogens with one attached hydrogen (secondary N) is 1. The van der Waals surface area contributed by atoms with E-state index in [0.29, 0.717) is 6.42 Å². The summed E-state index contributed by atoms with van der Waals surface area (Å²) in [5, 5.41) is 12.8. The van der Waals surface area contributed by atoms with Crippen LogP contribution in [0, 0.1) is 0 Å². The minimum atomic E-state index is -0.797. The van der Waals surface area contributed by atoms with Crippen molar-refractivity contribution in [1.82, 2.24) is 5.32 Å². The van der Waals surface area contributed by atoms with Crippen molar-refractivity contribution < 1.29 is 9.90 Å². The van der Waals surface area contributed by atoms with E-state index in [4.69, 9.17) is 0 Å². The van der Waals surface area contributed by atoms with Crippen LogP contribution in [0.5, 0.6) is 0 Å². The zero-order valence-corrected chi connectivity index (χ0v) is 13.0. The van der Waals surface area contributed by atoms with Gasteiger partial charge in [-0.3, -0.25) is 10.1 Å². The SMILES string of the molecule is CCCC(C)(NC1CCN(c2ccccc2)CC1)C(=O)O. The van der Waals surface area contributed by atoms with Crippen molar-refractivity contribution in [2.24, 2.45) is 0 Å². The zero-order valence-electron chi connectivity index (χ0n) is 13.0. The molecule has 2 rings (SSSR count). The van der Waals surface area contributed by atoms with Crippen LogP contribution in [-0.4, -0.2) is 35.7 Å². The fourth-order valence-corrected chi connectivity index (χ4v) is 3.11. The van der Waals surface area contributed by atoms with Crippen LogP contribution in [0.3, 0.4) is 0 Å². The molecular formula is C17H26N2O2. The molecule has 116 valence electrons. The number of hydrogen-bond donors (Lipinski definition) is 2. The van der Waals surface area contributed by atoms with E-state index in [2.05, 4.69) is 34.5 Å². The van der Waals surface area contributed by atoms with Gasteiger partial charge in [0.15, 0.2) is 0 Å². The van der Waals surface area contributed by atoms with Gasteiger partial charge < -0.3 is 10.0 Å². The van der Waals surface area contributed by atoms with Gasteiger partial charge >= 0.3 is 5.97 Å². The molecule has 1 saturated heterocycles. The Labute approximate surface area is 127 Å². The molecule has 1 fully saturated rings. The topological polar surface area (TPSA) is 52.6 Å². The smallest absolute Gasteiger partial charge is 0.323 e. The average Bonchev–Trinajstić information content (AvgIpc) is 2.49. The van der Waals surface area contributed by atoms with Crippen LogP contribution in [0.25, 0.3) is 0 Å². The van der Waals surface area contributed by atoms with Gasteiger partial charge in [0.05, 0.1) is 0 Å². The first-order valence-electron chi connectivity index (χ1n) is 7.86. The third-order valence-electron chi connectivity index (χ3n) is 4.36. The van der Waals surface area contributed by atoms with Crippen molar-refractivity contribution in [3.05, 3.63) is 30.3 Å². The highest BCUT2D eigenvalue weighted by molar-refractivity contribution is 5.78. The third kappa shape index (κ3) is 3.97. The quantitative estimate of drug-likeness (QED) is 0.846. The van der Waals surface area contributed by atoms with E-state index in [1.54, 1.807) is 0 Å². The molecule has 1 aromatic rings. The Morgan fingerprint density at radius 2 is 1.95 bits per heavy atom. The predicted molar refractivity (Wildman–Crippen MR) is 85.8 cm³/mol. The molecule has 0 saturated carbocycles. The van der Waals surface area contributed by atoms with Gasteiger partial charge in [-0.1, -0.05) is 31.5 Å². The van der Waals surface area contributed by atoms with Crippen LogP contribution in [-0.2, 0) is 4.79 Å². The van der Waals surface area contributed by atoms with Crippen molar-refractivity contribution in [3.63, 3.8) is 0 Å². The van der Waals surface area contributed by atoms with Crippen molar-refractivity contribution in [2.75, 3.05) is 18.0 Å². The van der Waals surface area contributed by atoms with Gasteiger partial charge in [-0.05, 0) is 38.3 Å². The number of benzene rings is 1. The van der Waals surface area contributed by atoms with Gasteiger partial charge in [0.1, 0.15) is 5.54 Å². The molecule has 21 heavy (non-hydrogen) atoms. The van der Waals surface area contributed by atoms with Crippen molar-refractivity contribution >= 4 is 11.7 Å². The monoisotopic (exact) mass is 290 g/mol. The van der Waals surface area contributed by atoms with E-state index in [1.165, 1.54) is 5.69 Å². The van der Waals surface area contributed by atoms with Crippen molar-refractivity contribution in [2.45, 2.75) is 51.1 Å². The molecule has 2 N–H and O–H groups in total. The van der Waals surface area contributed by atoms with E-state index in [-0.39, 0.29) is 6.04 Å². The molecule has 0 radical (unpaired) electrons. The molecule has 0 aliphatic carbocycles. The summed E-state index contributed by atoms with van der Waals surface area (Å²) in [6, 6.07) is 10.7. The van der Waals surface area contributed by atoms with E-state index < -0.39 is 11.5 Å². The van der Waals surface area contributed by atoms with E-state index in [9.17, 15) is 9.90 Å². The van der Waals surface area contributed by atoms with E-state index in [1.807, 2.05) is 19.9 Å². The molecule has 1 aliphatic heterocycles. The standard InChI is InChI=1S/C17H26N2O2/c1-3-11-17(2,16(20)21)18-14-9-12-19(13-10-14)15-7-5-4-6-8-15/h4-8,14,18H,3,9-13H2,1-2H3,(H,20,21). The summed E-state index contributed by atoms with van der Waals surface area (Å²) >= 11 is 0. The highest BCUT2D eigenvalue weighted by Crippen LogP contribution is 2.22. The maximum atomic E-state index is 11.5. The lowest BCUT2D eigenvalue weighted by Gasteiger charge is -2.38. The van der Waals surface area contributed by atoms with E-state index >= 15 is 0 Å². The molecule has 1 aromatic carbocycles. The summed E-state index contributed by atoms with van der Waals surface area (Å²) in [6.07, 6.45) is 3.52. The van der Waals surface area contributed by atoms with Crippen molar-refractivity contribution in [1.29, 1.82) is 0 Å². The predicted octanol–water partition coefficient (Wildman–Crippen LogP) is 2.89. The number of hydrogen-bond acceptors (Lipinski definition) is 3. The fraction of sp³-hybridized carbons (Fsp3) is 0.588. The lowest BCUT2D eigenvalue weighted by atomic mass is 9.92. The summed E-state index contributed by atoms with van der Waals surface area (Å²) in [6.45, 7) is 5.79. The lowest BCUT2D eigenvalue weighted by molar-refractivity contribution is -0.145. The Morgan fingerprint density at radius 1 is 1.33 bits per heavy atom. The van der Waals surface area contributed by atoms with Crippen LogP contribution in [0.4, 0.5) is 5.69 Å². The lowest BCUT2D eigenvalue weighted by Crippen LogP contribution is -2.56. The second-order valence-corrected chi connectivity index (χ2v) is 6.13. The molecule has 4 nitrogen and oxygen atoms in total. The number of piperidine rings is 1. The van der Waals surface area contributed by atoms with Crippen LogP contribution in [0.2, 0.25) is 0 Å². The minimum absolute atomic E-state index is 0.289. The average molecular weight is 290 g/mol. The van der Waals surface area contributed by atoms with E-state index in [0.717, 1.165) is 32.4 Å². The summed E-state index contributed by atoms with van der Waals surface area (Å²) in [5.41, 5.74) is 0.458. The third-order valence-corrected chi connectivity index (χ3v) is 4.36. The second kappa shape index (κ2) is 6.94. The van der Waals surface area contributed by atoms with Gasteiger partial charge in [-0.15, -0.1) is 0 Å². The molecule has 0 spiro atoms. The highest BCUT2D eigenvalue weighted by atomic mass is 16.4. The number of carboxylic acids is 1. The molecular weight excluding hydrogens is 264 g/mol. The molecule has 0 bridgehead atoms. The molecule has 0 aromatic heterocycles. The van der Waals surface area contributed by atoms with Gasteiger partial charge in [0.25, 0.3) is 0 Å². The summed E-state index contributed by atoms with van der Waals surface area (Å²) in [5.74, 6) is -0.741. The van der Waals surface area contributed by atoms with Gasteiger partial charge in [-0.25, -0.2) is 0 Å². The van der Waals surface area contributed by atoms with Gasteiger partial charge in [0, 0.05) is 24.8 Å². The first kappa shape index (κ1) is 15.8. The number of para-hydroxylation sites is 1. The molecule has 1 atom stereocenters. The number of nitrogens with zero attached hydrogens (tertiary/aromatic N) is 1. The maximum Gasteiger partial charge on any atom is 0.323 e. The Hall–Kier alpha value is -1.55. The molecule has 4 heteroatoms. The first-order valence-corrected chi connectivity index (χ1v) is 7.86. The number of carboxylic acid groups (broad SMARTS) is 1. The van der Waals surface area contributed by atoms with Gasteiger partial charge in [-0.2, -0.15) is 0 Å². The summed E-state index contributed by atoms with van der Waals surface area (Å²) in [4.78, 5) is 13.9. The van der Waals surface area contributed by atoms with Gasteiger partial charge in [0.2, 0.25) is 0 Å². The van der Waals surface area contributed by atoms with Crippen LogP contribution < -0.4 is 10.2 Å². The first-order chi connectivity index (χ1) is 10.0. The second-order valence-electron chi connectivity index (χ2n) is 6.13. The largest absolute Gasteiger partial charge is 0.480 e.